The predicted molar refractivity (Wildman–Crippen MR) is 81.0 cm³/mol. The molecule has 0 bridgehead atoms. The van der Waals surface area contributed by atoms with Crippen molar-refractivity contribution in [3.05, 3.63) is 22.2 Å². The number of hydrogen-bond donors (Lipinski definition) is 1. The zero-order valence-electron chi connectivity index (χ0n) is 12.5. The Labute approximate surface area is 133 Å². The summed E-state index contributed by atoms with van der Waals surface area (Å²) >= 11 is 3.39. The first-order chi connectivity index (χ1) is 10.0. The Kier molecular flexibility index (Phi) is 7.53. The molecule has 5 nitrogen and oxygen atoms in total. The van der Waals surface area contributed by atoms with Gasteiger partial charge in [-0.25, -0.2) is 0 Å². The molecule has 0 spiro atoms. The highest BCUT2D eigenvalue weighted by Gasteiger charge is 2.18. The van der Waals surface area contributed by atoms with Gasteiger partial charge in [-0.1, -0.05) is 26.2 Å². The average Bonchev–Trinajstić information content (AvgIpc) is 2.46. The summed E-state index contributed by atoms with van der Waals surface area (Å²) in [5, 5.41) is 10.9. The first-order valence-electron chi connectivity index (χ1n) is 7.05. The molecule has 0 amide bonds. The van der Waals surface area contributed by atoms with Gasteiger partial charge in [-0.15, -0.1) is 0 Å². The van der Waals surface area contributed by atoms with Gasteiger partial charge in [0.1, 0.15) is 5.97 Å². The molecule has 0 aliphatic rings. The van der Waals surface area contributed by atoms with Gasteiger partial charge in [0.05, 0.1) is 18.2 Å². The molecule has 118 valence electrons. The molecule has 1 atom stereocenters. The third kappa shape index (κ3) is 5.21. The van der Waals surface area contributed by atoms with Crippen LogP contribution in [0.4, 0.5) is 0 Å². The molecule has 21 heavy (non-hydrogen) atoms. The molecular weight excluding hydrogens is 338 g/mol. The molecule has 0 aliphatic heterocycles. The summed E-state index contributed by atoms with van der Waals surface area (Å²) < 4.78 is 11.7. The number of halogens is 1. The van der Waals surface area contributed by atoms with E-state index in [9.17, 15) is 9.90 Å². The van der Waals surface area contributed by atoms with Gasteiger partial charge in [0.15, 0.2) is 17.5 Å². The predicted octanol–water partition coefficient (Wildman–Crippen LogP) is 1.45. The summed E-state index contributed by atoms with van der Waals surface area (Å²) in [6.45, 7) is 2.76. The summed E-state index contributed by atoms with van der Waals surface area (Å²) in [5.41, 5.74) is 4.08. The van der Waals surface area contributed by atoms with Gasteiger partial charge in [0.2, 0.25) is 0 Å². The molecule has 0 saturated heterocycles. The highest BCUT2D eigenvalue weighted by molar-refractivity contribution is 9.10. The number of rotatable bonds is 9. The van der Waals surface area contributed by atoms with Gasteiger partial charge in [-0.05, 0) is 34.5 Å². The van der Waals surface area contributed by atoms with E-state index in [4.69, 9.17) is 9.47 Å². The van der Waals surface area contributed by atoms with E-state index in [1.165, 1.54) is 20.0 Å². The van der Waals surface area contributed by atoms with Crippen molar-refractivity contribution in [2.45, 2.75) is 38.6 Å². The number of carboxylic acid groups (broad SMARTS) is 1. The van der Waals surface area contributed by atoms with Crippen LogP contribution in [0.1, 0.15) is 44.2 Å². The van der Waals surface area contributed by atoms with Gasteiger partial charge in [0, 0.05) is 5.56 Å². The number of quaternary nitrogens is 1. The van der Waals surface area contributed by atoms with Gasteiger partial charge >= 0.3 is 0 Å². The topological polar surface area (TPSA) is 86.2 Å². The monoisotopic (exact) mass is 359 g/mol. The van der Waals surface area contributed by atoms with Gasteiger partial charge in [0.25, 0.3) is 0 Å². The maximum Gasteiger partial charge on any atom is 0.175 e. The van der Waals surface area contributed by atoms with Gasteiger partial charge in [-0.2, -0.15) is 0 Å². The van der Waals surface area contributed by atoms with Crippen molar-refractivity contribution in [1.29, 1.82) is 0 Å². The number of benzene rings is 1. The summed E-state index contributed by atoms with van der Waals surface area (Å²) in [6, 6.07) is 2.35. The highest BCUT2D eigenvalue weighted by atomic mass is 79.9. The minimum absolute atomic E-state index is 0.491. The minimum atomic E-state index is -1.22. The largest absolute Gasteiger partial charge is 0.544 e. The Morgan fingerprint density at radius 1 is 1.38 bits per heavy atom. The van der Waals surface area contributed by atoms with E-state index < -0.39 is 12.0 Å². The van der Waals surface area contributed by atoms with E-state index in [-0.39, 0.29) is 0 Å². The summed E-state index contributed by atoms with van der Waals surface area (Å²) in [4.78, 5) is 10.9. The molecule has 1 aromatic rings. The van der Waals surface area contributed by atoms with E-state index in [1.807, 2.05) is 0 Å². The number of aliphatic carboxylic acids is 1. The second kappa shape index (κ2) is 8.89. The van der Waals surface area contributed by atoms with Crippen LogP contribution in [0, 0.1) is 0 Å². The number of carbonyl (C=O) groups excluding carboxylic acids is 1. The van der Waals surface area contributed by atoms with Crippen LogP contribution < -0.4 is 20.3 Å². The first kappa shape index (κ1) is 17.8. The zero-order chi connectivity index (χ0) is 15.8. The summed E-state index contributed by atoms with van der Waals surface area (Å²) in [5.74, 6) is -0.148. The lowest BCUT2D eigenvalue weighted by molar-refractivity contribution is -0.443. The lowest BCUT2D eigenvalue weighted by Gasteiger charge is -2.16. The number of ether oxygens (including phenoxy) is 2. The van der Waals surface area contributed by atoms with E-state index in [2.05, 4.69) is 28.6 Å². The Morgan fingerprint density at radius 2 is 2.10 bits per heavy atom. The fraction of sp³-hybridized carbons (Fsp3) is 0.533. The standard InChI is InChI=1S/C15H22BrNO4/c1-3-4-5-6-7-21-14-11(16)8-10(9-12(14)20-2)13(17)15(18)19/h8-9,13H,3-7,17H2,1-2H3,(H,18,19)/t13-/m0/s1. The van der Waals surface area contributed by atoms with Crippen molar-refractivity contribution >= 4 is 21.9 Å². The lowest BCUT2D eigenvalue weighted by Crippen LogP contribution is -2.61. The Bertz CT molecular complexity index is 479. The van der Waals surface area contributed by atoms with Crippen molar-refractivity contribution < 1.29 is 25.1 Å². The summed E-state index contributed by atoms with van der Waals surface area (Å²) in [7, 11) is 1.52. The number of unbranched alkanes of at least 4 members (excludes halogenated alkanes) is 3. The van der Waals surface area contributed by atoms with Crippen LogP contribution in [0.15, 0.2) is 16.6 Å². The second-order valence-electron chi connectivity index (χ2n) is 4.81. The number of methoxy groups -OCH3 is 1. The van der Waals surface area contributed by atoms with Crippen LogP contribution >= 0.6 is 15.9 Å². The van der Waals surface area contributed by atoms with Crippen molar-refractivity contribution in [3.8, 4) is 11.5 Å². The molecule has 0 fully saturated rings. The molecular formula is C15H22BrNO4. The van der Waals surface area contributed by atoms with E-state index in [1.54, 1.807) is 12.1 Å². The van der Waals surface area contributed by atoms with E-state index in [0.717, 1.165) is 12.8 Å². The van der Waals surface area contributed by atoms with Crippen LogP contribution in [-0.4, -0.2) is 19.7 Å². The summed E-state index contributed by atoms with van der Waals surface area (Å²) in [6.07, 6.45) is 4.47. The van der Waals surface area contributed by atoms with Crippen LogP contribution in [0.3, 0.4) is 0 Å². The van der Waals surface area contributed by atoms with E-state index in [0.29, 0.717) is 28.1 Å². The van der Waals surface area contributed by atoms with Crippen LogP contribution in [-0.2, 0) is 4.79 Å². The zero-order valence-corrected chi connectivity index (χ0v) is 14.1. The van der Waals surface area contributed by atoms with Crippen molar-refractivity contribution in [1.82, 2.24) is 0 Å². The maximum atomic E-state index is 10.9. The molecule has 0 aromatic heterocycles. The van der Waals surface area contributed by atoms with Crippen LogP contribution in [0.2, 0.25) is 0 Å². The number of carboxylic acids is 1. The molecule has 0 heterocycles. The van der Waals surface area contributed by atoms with Crippen molar-refractivity contribution in [2.75, 3.05) is 13.7 Å². The molecule has 6 heteroatoms. The Balaban J connectivity index is 2.82. The van der Waals surface area contributed by atoms with Crippen LogP contribution in [0.5, 0.6) is 11.5 Å². The van der Waals surface area contributed by atoms with Crippen LogP contribution in [0.25, 0.3) is 0 Å². The van der Waals surface area contributed by atoms with Crippen molar-refractivity contribution in [2.24, 2.45) is 0 Å². The second-order valence-corrected chi connectivity index (χ2v) is 5.67. The highest BCUT2D eigenvalue weighted by Crippen LogP contribution is 2.37. The Morgan fingerprint density at radius 3 is 2.67 bits per heavy atom. The quantitative estimate of drug-likeness (QED) is 0.676. The van der Waals surface area contributed by atoms with Gasteiger partial charge < -0.3 is 25.1 Å². The molecule has 3 N–H and O–H groups in total. The Hall–Kier alpha value is -1.27. The smallest absolute Gasteiger partial charge is 0.175 e. The third-order valence-corrected chi connectivity index (χ3v) is 3.77. The first-order valence-corrected chi connectivity index (χ1v) is 7.84. The lowest BCUT2D eigenvalue weighted by atomic mass is 10.1. The molecule has 1 aromatic carbocycles. The molecule has 0 saturated carbocycles. The third-order valence-electron chi connectivity index (χ3n) is 3.18. The number of hydrogen-bond acceptors (Lipinski definition) is 4. The number of carbonyl (C=O) groups is 1. The maximum absolute atomic E-state index is 10.9. The fourth-order valence-electron chi connectivity index (χ4n) is 1.92. The van der Waals surface area contributed by atoms with Gasteiger partial charge in [-0.3, -0.25) is 0 Å². The SMILES string of the molecule is CCCCCCOc1c(Br)cc([C@H]([NH3+])C(=O)[O-])cc1OC. The minimum Gasteiger partial charge on any atom is -0.544 e. The molecule has 0 radical (unpaired) electrons. The van der Waals surface area contributed by atoms with E-state index >= 15 is 0 Å². The molecule has 1 rings (SSSR count). The van der Waals surface area contributed by atoms with Crippen molar-refractivity contribution in [3.63, 3.8) is 0 Å². The fourth-order valence-corrected chi connectivity index (χ4v) is 2.49. The normalized spacial score (nSPS) is 12.0. The average molecular weight is 360 g/mol. The molecule has 0 aliphatic carbocycles. The molecule has 0 unspecified atom stereocenters.